The molecule has 0 fully saturated rings. The van der Waals surface area contributed by atoms with Crippen LogP contribution in [-0.2, 0) is 4.79 Å². The van der Waals surface area contributed by atoms with E-state index in [1.165, 1.54) is 6.92 Å². The molecule has 0 saturated carbocycles. The first-order chi connectivity index (χ1) is 6.50. The molecule has 1 aromatic carbocycles. The molecule has 0 atom stereocenters. The zero-order valence-corrected chi connectivity index (χ0v) is 9.26. The van der Waals surface area contributed by atoms with Crippen molar-refractivity contribution in [2.24, 2.45) is 0 Å². The third-order valence-electron chi connectivity index (χ3n) is 1.86. The first-order valence-corrected chi connectivity index (χ1v) is 4.86. The Morgan fingerprint density at radius 3 is 2.50 bits per heavy atom. The molecule has 14 heavy (non-hydrogen) atoms. The van der Waals surface area contributed by atoms with Crippen LogP contribution < -0.4 is 4.74 Å². The molecule has 0 aliphatic heterocycles. The lowest BCUT2D eigenvalue weighted by Gasteiger charge is -2.09. The second-order valence-corrected chi connectivity index (χ2v) is 3.84. The Hall–Kier alpha value is -1.02. The molecule has 0 aliphatic rings. The van der Waals surface area contributed by atoms with Gasteiger partial charge in [-0.25, -0.2) is 0 Å². The van der Waals surface area contributed by atoms with E-state index in [2.05, 4.69) is 13.8 Å². The van der Waals surface area contributed by atoms with Crippen molar-refractivity contribution in [1.29, 1.82) is 0 Å². The number of halogens is 1. The molecule has 76 valence electrons. The summed E-state index contributed by atoms with van der Waals surface area (Å²) in [6.45, 7) is 5.49. The van der Waals surface area contributed by atoms with Crippen molar-refractivity contribution in [3.05, 3.63) is 28.8 Å². The summed E-state index contributed by atoms with van der Waals surface area (Å²) >= 11 is 6.02. The van der Waals surface area contributed by atoms with E-state index >= 15 is 0 Å². The molecule has 0 spiro atoms. The fourth-order valence-electron chi connectivity index (χ4n) is 1.21. The molecule has 3 heteroatoms. The van der Waals surface area contributed by atoms with Crippen LogP contribution >= 0.6 is 11.6 Å². The lowest BCUT2D eigenvalue weighted by Crippen LogP contribution is -2.01. The Morgan fingerprint density at radius 2 is 2.07 bits per heavy atom. The monoisotopic (exact) mass is 212 g/mol. The van der Waals surface area contributed by atoms with Gasteiger partial charge in [0.2, 0.25) is 0 Å². The van der Waals surface area contributed by atoms with E-state index in [0.717, 1.165) is 5.56 Å². The third kappa shape index (κ3) is 2.74. The SMILES string of the molecule is CC(=O)Oc1ccc(C(C)C)c(Cl)c1. The summed E-state index contributed by atoms with van der Waals surface area (Å²) in [6.07, 6.45) is 0. The maximum Gasteiger partial charge on any atom is 0.308 e. The molecule has 0 aliphatic carbocycles. The fourth-order valence-corrected chi connectivity index (χ4v) is 1.59. The van der Waals surface area contributed by atoms with Gasteiger partial charge in [0.1, 0.15) is 5.75 Å². The Balaban J connectivity index is 2.94. The molecule has 0 amide bonds. The van der Waals surface area contributed by atoms with Crippen LogP contribution in [-0.4, -0.2) is 5.97 Å². The highest BCUT2D eigenvalue weighted by molar-refractivity contribution is 6.31. The van der Waals surface area contributed by atoms with Gasteiger partial charge in [-0.3, -0.25) is 4.79 Å². The fraction of sp³-hybridized carbons (Fsp3) is 0.364. The van der Waals surface area contributed by atoms with Crippen molar-refractivity contribution in [3.63, 3.8) is 0 Å². The largest absolute Gasteiger partial charge is 0.427 e. The van der Waals surface area contributed by atoms with Gasteiger partial charge in [-0.15, -0.1) is 0 Å². The topological polar surface area (TPSA) is 26.3 Å². The summed E-state index contributed by atoms with van der Waals surface area (Å²) in [6, 6.07) is 5.30. The number of ether oxygens (including phenoxy) is 1. The molecule has 1 rings (SSSR count). The van der Waals surface area contributed by atoms with Crippen LogP contribution in [0.3, 0.4) is 0 Å². The van der Waals surface area contributed by atoms with E-state index < -0.39 is 0 Å². The number of hydrogen-bond acceptors (Lipinski definition) is 2. The Labute approximate surface area is 88.8 Å². The van der Waals surface area contributed by atoms with E-state index in [1.54, 1.807) is 12.1 Å². The summed E-state index contributed by atoms with van der Waals surface area (Å²) in [4.78, 5) is 10.7. The van der Waals surface area contributed by atoms with Crippen LogP contribution in [0, 0.1) is 0 Å². The third-order valence-corrected chi connectivity index (χ3v) is 2.18. The molecule has 2 nitrogen and oxygen atoms in total. The predicted octanol–water partition coefficient (Wildman–Crippen LogP) is 3.39. The molecular formula is C11H13ClO2. The lowest BCUT2D eigenvalue weighted by molar-refractivity contribution is -0.131. The van der Waals surface area contributed by atoms with E-state index in [1.807, 2.05) is 6.07 Å². The highest BCUT2D eigenvalue weighted by Gasteiger charge is 2.06. The van der Waals surface area contributed by atoms with Crippen molar-refractivity contribution in [3.8, 4) is 5.75 Å². The van der Waals surface area contributed by atoms with Gasteiger partial charge in [-0.05, 0) is 23.6 Å². The molecule has 0 bridgehead atoms. The number of esters is 1. The van der Waals surface area contributed by atoms with Crippen LogP contribution in [0.25, 0.3) is 0 Å². The van der Waals surface area contributed by atoms with Crippen LogP contribution in [0.4, 0.5) is 0 Å². The van der Waals surface area contributed by atoms with Gasteiger partial charge < -0.3 is 4.74 Å². The summed E-state index contributed by atoms with van der Waals surface area (Å²) in [5, 5.41) is 0.638. The Kier molecular flexibility index (Phi) is 3.53. The van der Waals surface area contributed by atoms with Crippen molar-refractivity contribution in [1.82, 2.24) is 0 Å². The summed E-state index contributed by atoms with van der Waals surface area (Å²) in [5.74, 6) is 0.527. The molecule has 0 radical (unpaired) electrons. The minimum Gasteiger partial charge on any atom is -0.427 e. The number of carbonyl (C=O) groups is 1. The zero-order chi connectivity index (χ0) is 10.7. The average Bonchev–Trinajstić information content (AvgIpc) is 2.01. The quantitative estimate of drug-likeness (QED) is 0.555. The molecule has 0 unspecified atom stereocenters. The molecule has 0 N–H and O–H groups in total. The number of benzene rings is 1. The molecular weight excluding hydrogens is 200 g/mol. The van der Waals surface area contributed by atoms with Gasteiger partial charge in [-0.2, -0.15) is 0 Å². The minimum absolute atomic E-state index is 0.335. The molecule has 0 aromatic heterocycles. The highest BCUT2D eigenvalue weighted by Crippen LogP contribution is 2.27. The normalized spacial score (nSPS) is 10.4. The van der Waals surface area contributed by atoms with Crippen molar-refractivity contribution < 1.29 is 9.53 Å². The van der Waals surface area contributed by atoms with E-state index in [9.17, 15) is 4.79 Å². The van der Waals surface area contributed by atoms with Crippen LogP contribution in [0.2, 0.25) is 5.02 Å². The van der Waals surface area contributed by atoms with Gasteiger partial charge in [0.25, 0.3) is 0 Å². The number of carbonyl (C=O) groups excluding carboxylic acids is 1. The smallest absolute Gasteiger partial charge is 0.308 e. The second kappa shape index (κ2) is 4.47. The summed E-state index contributed by atoms with van der Waals surface area (Å²) < 4.78 is 4.91. The lowest BCUT2D eigenvalue weighted by atomic mass is 10.0. The highest BCUT2D eigenvalue weighted by atomic mass is 35.5. The molecule has 0 heterocycles. The Bertz CT molecular complexity index is 345. The molecule has 1 aromatic rings. The number of hydrogen-bond donors (Lipinski definition) is 0. The minimum atomic E-state index is -0.335. The van der Waals surface area contributed by atoms with Crippen LogP contribution in [0.5, 0.6) is 5.75 Å². The maximum absolute atomic E-state index is 10.7. The van der Waals surface area contributed by atoms with Gasteiger partial charge in [0.15, 0.2) is 0 Å². The van der Waals surface area contributed by atoms with E-state index in [0.29, 0.717) is 16.7 Å². The van der Waals surface area contributed by atoms with E-state index in [4.69, 9.17) is 16.3 Å². The van der Waals surface area contributed by atoms with Gasteiger partial charge in [0, 0.05) is 11.9 Å². The summed E-state index contributed by atoms with van der Waals surface area (Å²) in [5.41, 5.74) is 1.06. The van der Waals surface area contributed by atoms with E-state index in [-0.39, 0.29) is 5.97 Å². The van der Waals surface area contributed by atoms with Crippen molar-refractivity contribution in [2.45, 2.75) is 26.7 Å². The van der Waals surface area contributed by atoms with Crippen molar-refractivity contribution >= 4 is 17.6 Å². The number of rotatable bonds is 2. The van der Waals surface area contributed by atoms with Crippen molar-refractivity contribution in [2.75, 3.05) is 0 Å². The van der Waals surface area contributed by atoms with Gasteiger partial charge in [0.05, 0.1) is 0 Å². The first-order valence-electron chi connectivity index (χ1n) is 4.48. The van der Waals surface area contributed by atoms with Gasteiger partial charge in [-0.1, -0.05) is 31.5 Å². The van der Waals surface area contributed by atoms with Crippen LogP contribution in [0.1, 0.15) is 32.3 Å². The van der Waals surface area contributed by atoms with Gasteiger partial charge >= 0.3 is 5.97 Å². The molecule has 0 saturated heterocycles. The standard InChI is InChI=1S/C11H13ClO2/c1-7(2)10-5-4-9(6-11(10)12)14-8(3)13/h4-7H,1-3H3. The summed E-state index contributed by atoms with van der Waals surface area (Å²) in [7, 11) is 0. The van der Waals surface area contributed by atoms with Crippen LogP contribution in [0.15, 0.2) is 18.2 Å². The zero-order valence-electron chi connectivity index (χ0n) is 8.50. The maximum atomic E-state index is 10.7. The Morgan fingerprint density at radius 1 is 1.43 bits per heavy atom. The predicted molar refractivity (Wildman–Crippen MR) is 56.9 cm³/mol. The second-order valence-electron chi connectivity index (χ2n) is 3.43. The average molecular weight is 213 g/mol. The first kappa shape index (κ1) is 11.1.